The second-order valence-corrected chi connectivity index (χ2v) is 6.25. The third-order valence-electron chi connectivity index (χ3n) is 2.02. The number of carbonyl (C=O) groups is 1. The zero-order valence-corrected chi connectivity index (χ0v) is 13.4. The first kappa shape index (κ1) is 16.2. The zero-order chi connectivity index (χ0) is 14.8. The second-order valence-electron chi connectivity index (χ2n) is 4.99. The maximum absolute atomic E-state index is 13.3. The third kappa shape index (κ3) is 4.99. The first-order valence-corrected chi connectivity index (χ1v) is 6.81. The van der Waals surface area contributed by atoms with Gasteiger partial charge in [-0.2, -0.15) is 0 Å². The fourth-order valence-electron chi connectivity index (χ4n) is 1.22. The Morgan fingerprint density at radius 3 is 2.53 bits per heavy atom. The van der Waals surface area contributed by atoms with Crippen molar-refractivity contribution in [3.63, 3.8) is 0 Å². The van der Waals surface area contributed by atoms with E-state index in [1.54, 1.807) is 20.8 Å². The van der Waals surface area contributed by atoms with E-state index in [2.05, 4.69) is 15.9 Å². The summed E-state index contributed by atoms with van der Waals surface area (Å²) in [5, 5.41) is -0.0239. The molecule has 0 saturated heterocycles. The maximum atomic E-state index is 13.3. The Balaban J connectivity index is 2.80. The van der Waals surface area contributed by atoms with Gasteiger partial charge in [0.2, 0.25) is 0 Å². The minimum absolute atomic E-state index is 0.0239. The number of esters is 1. The van der Waals surface area contributed by atoms with Gasteiger partial charge in [0, 0.05) is 6.07 Å². The highest BCUT2D eigenvalue weighted by Crippen LogP contribution is 2.31. The summed E-state index contributed by atoms with van der Waals surface area (Å²) < 4.78 is 24.3. The van der Waals surface area contributed by atoms with Gasteiger partial charge in [0.25, 0.3) is 0 Å². The number of ether oxygens (including phenoxy) is 2. The van der Waals surface area contributed by atoms with Crippen LogP contribution in [-0.2, 0) is 9.53 Å². The van der Waals surface area contributed by atoms with Gasteiger partial charge in [0.15, 0.2) is 6.10 Å². The van der Waals surface area contributed by atoms with Crippen LogP contribution in [0, 0.1) is 5.82 Å². The predicted molar refractivity (Wildman–Crippen MR) is 75.0 cm³/mol. The molecule has 0 saturated carbocycles. The molecule has 0 aliphatic heterocycles. The summed E-state index contributed by atoms with van der Waals surface area (Å²) in [4.78, 5) is 11.7. The van der Waals surface area contributed by atoms with Gasteiger partial charge in [-0.1, -0.05) is 11.6 Å². The van der Waals surface area contributed by atoms with Crippen molar-refractivity contribution in [2.45, 2.75) is 39.4 Å². The van der Waals surface area contributed by atoms with Gasteiger partial charge >= 0.3 is 5.97 Å². The van der Waals surface area contributed by atoms with Crippen molar-refractivity contribution in [3.8, 4) is 5.75 Å². The summed E-state index contributed by atoms with van der Waals surface area (Å²) in [6, 6.07) is 2.49. The van der Waals surface area contributed by atoms with E-state index in [1.807, 2.05) is 0 Å². The van der Waals surface area contributed by atoms with Crippen LogP contribution >= 0.6 is 27.5 Å². The van der Waals surface area contributed by atoms with Crippen molar-refractivity contribution in [2.24, 2.45) is 0 Å². The van der Waals surface area contributed by atoms with Gasteiger partial charge in [-0.25, -0.2) is 9.18 Å². The Hall–Kier alpha value is -0.810. The molecule has 106 valence electrons. The lowest BCUT2D eigenvalue weighted by Gasteiger charge is -2.23. The van der Waals surface area contributed by atoms with Crippen LogP contribution in [0.2, 0.25) is 5.02 Å². The highest BCUT2D eigenvalue weighted by molar-refractivity contribution is 9.10. The molecule has 0 N–H and O–H groups in total. The van der Waals surface area contributed by atoms with Crippen LogP contribution in [0.25, 0.3) is 0 Å². The highest BCUT2D eigenvalue weighted by Gasteiger charge is 2.24. The molecular formula is C13H15BrClFO3. The standard InChI is InChI=1S/C13H15BrClFO3/c1-7(12(17)19-13(2,3)4)18-11-6-10(16)9(15)5-8(11)14/h5-7H,1-4H3. The van der Waals surface area contributed by atoms with Crippen LogP contribution < -0.4 is 4.74 Å². The smallest absolute Gasteiger partial charge is 0.347 e. The van der Waals surface area contributed by atoms with Crippen LogP contribution in [0.15, 0.2) is 16.6 Å². The third-order valence-corrected chi connectivity index (χ3v) is 2.93. The van der Waals surface area contributed by atoms with Gasteiger partial charge in [-0.3, -0.25) is 0 Å². The zero-order valence-electron chi connectivity index (χ0n) is 11.1. The summed E-state index contributed by atoms with van der Waals surface area (Å²) >= 11 is 8.81. The quantitative estimate of drug-likeness (QED) is 0.598. The van der Waals surface area contributed by atoms with Crippen molar-refractivity contribution in [2.75, 3.05) is 0 Å². The number of halogens is 3. The molecule has 1 atom stereocenters. The molecular weight excluding hydrogens is 338 g/mol. The summed E-state index contributed by atoms with van der Waals surface area (Å²) in [7, 11) is 0. The Bertz CT molecular complexity index is 486. The molecule has 0 radical (unpaired) electrons. The molecule has 0 heterocycles. The van der Waals surface area contributed by atoms with E-state index in [0.29, 0.717) is 4.47 Å². The van der Waals surface area contributed by atoms with Crippen molar-refractivity contribution in [1.29, 1.82) is 0 Å². The summed E-state index contributed by atoms with van der Waals surface area (Å²) in [6.07, 6.45) is -0.851. The van der Waals surface area contributed by atoms with Gasteiger partial charge < -0.3 is 9.47 Å². The summed E-state index contributed by atoms with van der Waals surface area (Å²) in [5.41, 5.74) is -0.600. The fourth-order valence-corrected chi connectivity index (χ4v) is 1.95. The van der Waals surface area contributed by atoms with Crippen LogP contribution in [0.3, 0.4) is 0 Å². The molecule has 0 fully saturated rings. The lowest BCUT2D eigenvalue weighted by atomic mass is 10.2. The average molecular weight is 354 g/mol. The topological polar surface area (TPSA) is 35.5 Å². The van der Waals surface area contributed by atoms with E-state index in [-0.39, 0.29) is 10.8 Å². The van der Waals surface area contributed by atoms with Crippen molar-refractivity contribution in [1.82, 2.24) is 0 Å². The van der Waals surface area contributed by atoms with E-state index in [9.17, 15) is 9.18 Å². The molecule has 0 aromatic heterocycles. The molecule has 1 aromatic rings. The Kier molecular flexibility index (Phi) is 5.21. The number of benzene rings is 1. The van der Waals surface area contributed by atoms with Gasteiger partial charge in [0.1, 0.15) is 17.2 Å². The van der Waals surface area contributed by atoms with E-state index in [0.717, 1.165) is 6.07 Å². The molecule has 0 spiro atoms. The van der Waals surface area contributed by atoms with Crippen molar-refractivity contribution >= 4 is 33.5 Å². The largest absolute Gasteiger partial charge is 0.478 e. The monoisotopic (exact) mass is 352 g/mol. The molecule has 0 bridgehead atoms. The van der Waals surface area contributed by atoms with Crippen LogP contribution in [0.5, 0.6) is 5.75 Å². The molecule has 6 heteroatoms. The molecule has 0 amide bonds. The molecule has 1 aromatic carbocycles. The Morgan fingerprint density at radius 2 is 2.00 bits per heavy atom. The minimum atomic E-state index is -0.851. The van der Waals surface area contributed by atoms with Gasteiger partial charge in [-0.05, 0) is 49.7 Å². The van der Waals surface area contributed by atoms with Crippen LogP contribution in [0.4, 0.5) is 4.39 Å². The SMILES string of the molecule is CC(Oc1cc(F)c(Cl)cc1Br)C(=O)OC(C)(C)C. The summed E-state index contributed by atoms with van der Waals surface area (Å²) in [5.74, 6) is -0.939. The first-order valence-electron chi connectivity index (χ1n) is 5.64. The van der Waals surface area contributed by atoms with Crippen molar-refractivity contribution in [3.05, 3.63) is 27.4 Å². The molecule has 1 unspecified atom stereocenters. The van der Waals surface area contributed by atoms with E-state index >= 15 is 0 Å². The number of carbonyl (C=O) groups excluding carboxylic acids is 1. The van der Waals surface area contributed by atoms with E-state index in [4.69, 9.17) is 21.1 Å². The second kappa shape index (κ2) is 6.09. The first-order chi connectivity index (χ1) is 8.60. The van der Waals surface area contributed by atoms with Gasteiger partial charge in [0.05, 0.1) is 9.50 Å². The number of hydrogen-bond acceptors (Lipinski definition) is 3. The summed E-state index contributed by atoms with van der Waals surface area (Å²) in [6.45, 7) is 6.81. The Labute approximate surface area is 125 Å². The average Bonchev–Trinajstić information content (AvgIpc) is 2.23. The lowest BCUT2D eigenvalue weighted by molar-refractivity contribution is -0.162. The normalized spacial score (nSPS) is 13.0. The molecule has 0 aliphatic carbocycles. The lowest BCUT2D eigenvalue weighted by Crippen LogP contribution is -2.33. The predicted octanol–water partition coefficient (Wildman–Crippen LogP) is 4.35. The van der Waals surface area contributed by atoms with Crippen LogP contribution in [0.1, 0.15) is 27.7 Å². The van der Waals surface area contributed by atoms with Crippen LogP contribution in [-0.4, -0.2) is 17.7 Å². The fraction of sp³-hybridized carbons (Fsp3) is 0.462. The molecule has 1 rings (SSSR count). The Morgan fingerprint density at radius 1 is 1.42 bits per heavy atom. The molecule has 19 heavy (non-hydrogen) atoms. The minimum Gasteiger partial charge on any atom is -0.478 e. The molecule has 0 aliphatic rings. The molecule has 3 nitrogen and oxygen atoms in total. The van der Waals surface area contributed by atoms with E-state index in [1.165, 1.54) is 13.0 Å². The highest BCUT2D eigenvalue weighted by atomic mass is 79.9. The van der Waals surface area contributed by atoms with E-state index < -0.39 is 23.5 Å². The maximum Gasteiger partial charge on any atom is 0.347 e. The number of rotatable bonds is 3. The van der Waals surface area contributed by atoms with Gasteiger partial charge in [-0.15, -0.1) is 0 Å². The van der Waals surface area contributed by atoms with Crippen molar-refractivity contribution < 1.29 is 18.7 Å². The number of hydrogen-bond donors (Lipinski definition) is 0.